The molecule has 3 aromatic rings. The summed E-state index contributed by atoms with van der Waals surface area (Å²) in [6.07, 6.45) is 0. The molecule has 1 N–H and O–H groups in total. The molecule has 1 aromatic heterocycles. The van der Waals surface area contributed by atoms with Crippen molar-refractivity contribution in [2.24, 2.45) is 0 Å². The number of hydrogen-bond acceptors (Lipinski definition) is 5. The van der Waals surface area contributed by atoms with Gasteiger partial charge >= 0.3 is 0 Å². The lowest BCUT2D eigenvalue weighted by Gasteiger charge is -2.17. The molecule has 0 unspecified atom stereocenters. The van der Waals surface area contributed by atoms with Crippen molar-refractivity contribution in [1.29, 1.82) is 0 Å². The van der Waals surface area contributed by atoms with Crippen molar-refractivity contribution in [1.82, 2.24) is 4.31 Å². The Balaban J connectivity index is 1.80. The standard InChI is InChI=1S/C19H15BrN2O4S2/c1-22(28(25,26)17-6-3-11-27-17)19(24)14-4-2-5-16(12-14)21-18(23)13-7-9-15(20)10-8-13/h2-12H,1H3,(H,21,23). The van der Waals surface area contributed by atoms with E-state index < -0.39 is 15.9 Å². The minimum Gasteiger partial charge on any atom is -0.322 e. The molecule has 1 heterocycles. The maximum absolute atomic E-state index is 12.7. The summed E-state index contributed by atoms with van der Waals surface area (Å²) >= 11 is 4.35. The van der Waals surface area contributed by atoms with E-state index in [2.05, 4.69) is 21.2 Å². The molecule has 0 saturated carbocycles. The number of amides is 2. The molecular formula is C19H15BrN2O4S2. The highest BCUT2D eigenvalue weighted by atomic mass is 79.9. The Bertz CT molecular complexity index is 1110. The summed E-state index contributed by atoms with van der Waals surface area (Å²) in [5, 5.41) is 4.33. The lowest BCUT2D eigenvalue weighted by Crippen LogP contribution is -2.32. The molecule has 0 aliphatic heterocycles. The average Bonchev–Trinajstić information content (AvgIpc) is 3.23. The van der Waals surface area contributed by atoms with Gasteiger partial charge in [-0.1, -0.05) is 28.1 Å². The van der Waals surface area contributed by atoms with Crippen LogP contribution < -0.4 is 5.32 Å². The second kappa shape index (κ2) is 8.26. The average molecular weight is 479 g/mol. The summed E-state index contributed by atoms with van der Waals surface area (Å²) in [6, 6.07) is 16.0. The van der Waals surface area contributed by atoms with Crippen LogP contribution in [-0.2, 0) is 10.0 Å². The van der Waals surface area contributed by atoms with Crippen LogP contribution in [0.2, 0.25) is 0 Å². The molecule has 144 valence electrons. The van der Waals surface area contributed by atoms with Crippen LogP contribution in [0.5, 0.6) is 0 Å². The van der Waals surface area contributed by atoms with Crippen molar-refractivity contribution in [3.05, 3.63) is 81.6 Å². The molecule has 0 fully saturated rings. The molecule has 3 rings (SSSR count). The number of carbonyl (C=O) groups is 2. The van der Waals surface area contributed by atoms with E-state index in [1.807, 2.05) is 0 Å². The Kier molecular flexibility index (Phi) is 5.97. The predicted molar refractivity (Wildman–Crippen MR) is 112 cm³/mol. The molecule has 9 heteroatoms. The van der Waals surface area contributed by atoms with Crippen LogP contribution in [-0.4, -0.2) is 31.6 Å². The minimum atomic E-state index is -3.92. The number of sulfonamides is 1. The van der Waals surface area contributed by atoms with Crippen molar-refractivity contribution in [3.8, 4) is 0 Å². The number of benzene rings is 2. The number of halogens is 1. The van der Waals surface area contributed by atoms with Gasteiger partial charge in [-0.15, -0.1) is 11.3 Å². The van der Waals surface area contributed by atoms with Crippen LogP contribution >= 0.6 is 27.3 Å². The maximum Gasteiger partial charge on any atom is 0.275 e. The van der Waals surface area contributed by atoms with Crippen LogP contribution in [0.1, 0.15) is 20.7 Å². The molecule has 0 atom stereocenters. The van der Waals surface area contributed by atoms with E-state index in [0.29, 0.717) is 15.6 Å². The van der Waals surface area contributed by atoms with E-state index >= 15 is 0 Å². The van der Waals surface area contributed by atoms with Gasteiger partial charge in [-0.25, -0.2) is 12.7 Å². The van der Waals surface area contributed by atoms with Crippen molar-refractivity contribution in [2.45, 2.75) is 4.21 Å². The Morgan fingerprint density at radius 1 is 1.00 bits per heavy atom. The third kappa shape index (κ3) is 4.32. The summed E-state index contributed by atoms with van der Waals surface area (Å²) in [6.45, 7) is 0. The maximum atomic E-state index is 12.7. The van der Waals surface area contributed by atoms with Crippen LogP contribution in [0.4, 0.5) is 5.69 Å². The van der Waals surface area contributed by atoms with Crippen LogP contribution in [0, 0.1) is 0 Å². The van der Waals surface area contributed by atoms with E-state index in [-0.39, 0.29) is 15.7 Å². The lowest BCUT2D eigenvalue weighted by atomic mass is 10.1. The third-order valence-electron chi connectivity index (χ3n) is 3.87. The van der Waals surface area contributed by atoms with Crippen molar-refractivity contribution < 1.29 is 18.0 Å². The smallest absolute Gasteiger partial charge is 0.275 e. The number of rotatable bonds is 5. The molecule has 6 nitrogen and oxygen atoms in total. The zero-order chi connectivity index (χ0) is 20.3. The number of carbonyl (C=O) groups excluding carboxylic acids is 2. The minimum absolute atomic E-state index is 0.0862. The van der Waals surface area contributed by atoms with Gasteiger partial charge in [-0.2, -0.15) is 0 Å². The van der Waals surface area contributed by atoms with Crippen LogP contribution in [0.25, 0.3) is 0 Å². The molecule has 2 amide bonds. The van der Waals surface area contributed by atoms with E-state index in [0.717, 1.165) is 15.8 Å². The highest BCUT2D eigenvalue weighted by molar-refractivity contribution is 9.10. The number of hydrogen-bond donors (Lipinski definition) is 1. The second-order valence-electron chi connectivity index (χ2n) is 5.75. The topological polar surface area (TPSA) is 83.6 Å². The van der Waals surface area contributed by atoms with Crippen molar-refractivity contribution >= 4 is 54.8 Å². The zero-order valence-electron chi connectivity index (χ0n) is 14.6. The van der Waals surface area contributed by atoms with Gasteiger partial charge in [-0.3, -0.25) is 9.59 Å². The SMILES string of the molecule is CN(C(=O)c1cccc(NC(=O)c2ccc(Br)cc2)c1)S(=O)(=O)c1cccs1. The van der Waals surface area contributed by atoms with Crippen molar-refractivity contribution in [3.63, 3.8) is 0 Å². The summed E-state index contributed by atoms with van der Waals surface area (Å²) in [5.41, 5.74) is 0.995. The molecule has 0 aliphatic carbocycles. The molecule has 0 bridgehead atoms. The third-order valence-corrected chi connectivity index (χ3v) is 7.51. The van der Waals surface area contributed by atoms with Gasteiger partial charge in [0.2, 0.25) is 0 Å². The highest BCUT2D eigenvalue weighted by Gasteiger charge is 2.27. The van der Waals surface area contributed by atoms with Gasteiger partial charge in [0.15, 0.2) is 0 Å². The van der Waals surface area contributed by atoms with Gasteiger partial charge in [0, 0.05) is 28.3 Å². The lowest BCUT2D eigenvalue weighted by molar-refractivity contribution is 0.0882. The first-order valence-electron chi connectivity index (χ1n) is 8.03. The zero-order valence-corrected chi connectivity index (χ0v) is 17.8. The fraction of sp³-hybridized carbons (Fsp3) is 0.0526. The summed E-state index contributed by atoms with van der Waals surface area (Å²) in [5.74, 6) is -1.02. The molecule has 0 aliphatic rings. The Morgan fingerprint density at radius 3 is 2.36 bits per heavy atom. The molecule has 28 heavy (non-hydrogen) atoms. The first-order valence-corrected chi connectivity index (χ1v) is 11.1. The van der Waals surface area contributed by atoms with Gasteiger partial charge in [0.25, 0.3) is 21.8 Å². The normalized spacial score (nSPS) is 11.1. The number of nitrogens with one attached hydrogen (secondary N) is 1. The number of nitrogens with zero attached hydrogens (tertiary/aromatic N) is 1. The van der Waals surface area contributed by atoms with Gasteiger partial charge in [0.05, 0.1) is 0 Å². The van der Waals surface area contributed by atoms with E-state index in [9.17, 15) is 18.0 Å². The fourth-order valence-electron chi connectivity index (χ4n) is 2.37. The van der Waals surface area contributed by atoms with E-state index in [1.54, 1.807) is 47.8 Å². The van der Waals surface area contributed by atoms with E-state index in [1.165, 1.54) is 25.2 Å². The molecular weight excluding hydrogens is 464 g/mol. The van der Waals surface area contributed by atoms with Gasteiger partial charge < -0.3 is 5.32 Å². The monoisotopic (exact) mass is 478 g/mol. The number of anilines is 1. The molecule has 0 radical (unpaired) electrons. The summed E-state index contributed by atoms with van der Waals surface area (Å²) in [7, 11) is -2.70. The van der Waals surface area contributed by atoms with Crippen LogP contribution in [0.3, 0.4) is 0 Å². The highest BCUT2D eigenvalue weighted by Crippen LogP contribution is 2.22. The summed E-state index contributed by atoms with van der Waals surface area (Å²) < 4.78 is 26.7. The molecule has 0 saturated heterocycles. The Morgan fingerprint density at radius 2 is 1.71 bits per heavy atom. The summed E-state index contributed by atoms with van der Waals surface area (Å²) in [4.78, 5) is 25.0. The first kappa shape index (κ1) is 20.2. The Labute approximate surface area is 175 Å². The van der Waals surface area contributed by atoms with Gasteiger partial charge in [-0.05, 0) is 53.9 Å². The van der Waals surface area contributed by atoms with Gasteiger partial charge in [0.1, 0.15) is 4.21 Å². The van der Waals surface area contributed by atoms with E-state index in [4.69, 9.17) is 0 Å². The molecule has 2 aromatic carbocycles. The largest absolute Gasteiger partial charge is 0.322 e. The molecule has 0 spiro atoms. The van der Waals surface area contributed by atoms with Crippen molar-refractivity contribution in [2.75, 3.05) is 12.4 Å². The fourth-order valence-corrected chi connectivity index (χ4v) is 4.92. The Hall–Kier alpha value is -2.49. The second-order valence-corrected chi connectivity index (χ2v) is 9.81. The first-order chi connectivity index (χ1) is 13.3. The van der Waals surface area contributed by atoms with Crippen LogP contribution in [0.15, 0.2) is 74.7 Å². The number of thiophene rings is 1. The quantitative estimate of drug-likeness (QED) is 0.594. The predicted octanol–water partition coefficient (Wildman–Crippen LogP) is 4.22.